The van der Waals surface area contributed by atoms with Crippen molar-refractivity contribution in [1.82, 2.24) is 9.88 Å². The molecule has 5 rings (SSSR count). The fraction of sp³-hybridized carbons (Fsp3) is 0.409. The summed E-state index contributed by atoms with van der Waals surface area (Å²) in [7, 11) is 0. The minimum atomic E-state index is 0.101. The molecule has 2 aliphatic heterocycles. The number of rotatable bonds is 5. The van der Waals surface area contributed by atoms with Crippen LogP contribution in [-0.2, 0) is 0 Å². The molecule has 1 fully saturated rings. The zero-order valence-electron chi connectivity index (χ0n) is 15.8. The van der Waals surface area contributed by atoms with Crippen LogP contribution in [0.3, 0.4) is 0 Å². The van der Waals surface area contributed by atoms with E-state index in [1.807, 2.05) is 48.5 Å². The molecule has 0 saturated carbocycles. The molecule has 1 atom stereocenters. The van der Waals surface area contributed by atoms with E-state index in [0.717, 1.165) is 61.6 Å². The third-order valence-corrected chi connectivity index (χ3v) is 5.57. The molecule has 146 valence electrons. The zero-order chi connectivity index (χ0) is 18.8. The number of anilines is 1. The number of hydrogen-bond acceptors (Lipinski definition) is 6. The molecule has 1 unspecified atom stereocenters. The van der Waals surface area contributed by atoms with Crippen LogP contribution in [0.5, 0.6) is 11.5 Å². The van der Waals surface area contributed by atoms with E-state index in [4.69, 9.17) is 13.9 Å². The van der Waals surface area contributed by atoms with Gasteiger partial charge in [0, 0.05) is 13.1 Å². The van der Waals surface area contributed by atoms with Crippen molar-refractivity contribution in [2.45, 2.75) is 18.9 Å². The summed E-state index contributed by atoms with van der Waals surface area (Å²) in [6, 6.07) is 16.4. The van der Waals surface area contributed by atoms with Crippen molar-refractivity contribution in [2.24, 2.45) is 5.92 Å². The molecule has 3 aromatic rings. The van der Waals surface area contributed by atoms with Gasteiger partial charge in [0.15, 0.2) is 17.1 Å². The standard InChI is InChI=1S/C22H25N3O3/c1-2-6-19-18(5-1)24-22(28-19)23-13-16-9-11-25(12-10-16)14-17-15-26-20-7-3-4-8-21(20)27-17/h1-8,16-17H,9-15H2,(H,23,24). The van der Waals surface area contributed by atoms with E-state index >= 15 is 0 Å². The maximum absolute atomic E-state index is 6.10. The summed E-state index contributed by atoms with van der Waals surface area (Å²) >= 11 is 0. The molecule has 0 spiro atoms. The Balaban J connectivity index is 1.08. The number of fused-ring (bicyclic) bond motifs is 2. The summed E-state index contributed by atoms with van der Waals surface area (Å²) in [5, 5.41) is 3.37. The summed E-state index contributed by atoms with van der Waals surface area (Å²) < 4.78 is 17.7. The summed E-state index contributed by atoms with van der Waals surface area (Å²) in [5.41, 5.74) is 1.73. The van der Waals surface area contributed by atoms with Gasteiger partial charge in [-0.25, -0.2) is 0 Å². The molecule has 6 nitrogen and oxygen atoms in total. The first-order chi connectivity index (χ1) is 13.8. The quantitative estimate of drug-likeness (QED) is 0.728. The molecular weight excluding hydrogens is 354 g/mol. The Morgan fingerprint density at radius 2 is 1.79 bits per heavy atom. The van der Waals surface area contributed by atoms with E-state index in [0.29, 0.717) is 18.5 Å². The van der Waals surface area contributed by atoms with Crippen molar-refractivity contribution in [3.8, 4) is 11.5 Å². The van der Waals surface area contributed by atoms with Crippen LogP contribution in [0.4, 0.5) is 6.01 Å². The average molecular weight is 379 g/mol. The Morgan fingerprint density at radius 3 is 2.64 bits per heavy atom. The van der Waals surface area contributed by atoms with Gasteiger partial charge in [-0.05, 0) is 56.1 Å². The van der Waals surface area contributed by atoms with Crippen LogP contribution in [-0.4, -0.2) is 48.8 Å². The number of benzene rings is 2. The molecule has 0 radical (unpaired) electrons. The number of piperidine rings is 1. The van der Waals surface area contributed by atoms with E-state index in [2.05, 4.69) is 15.2 Å². The monoisotopic (exact) mass is 379 g/mol. The first kappa shape index (κ1) is 17.4. The molecular formula is C22H25N3O3. The van der Waals surface area contributed by atoms with Crippen LogP contribution in [0, 0.1) is 5.92 Å². The molecule has 1 aromatic heterocycles. The van der Waals surface area contributed by atoms with Gasteiger partial charge >= 0.3 is 0 Å². The van der Waals surface area contributed by atoms with Gasteiger partial charge in [-0.15, -0.1) is 0 Å². The van der Waals surface area contributed by atoms with Gasteiger partial charge in [0.2, 0.25) is 0 Å². The molecule has 6 heteroatoms. The topological polar surface area (TPSA) is 59.8 Å². The summed E-state index contributed by atoms with van der Waals surface area (Å²) in [6.45, 7) is 4.61. The lowest BCUT2D eigenvalue weighted by Crippen LogP contribution is -2.44. The second kappa shape index (κ2) is 7.72. The lowest BCUT2D eigenvalue weighted by Gasteiger charge is -2.35. The normalized spacial score (nSPS) is 20.4. The van der Waals surface area contributed by atoms with Crippen molar-refractivity contribution in [2.75, 3.05) is 38.1 Å². The maximum Gasteiger partial charge on any atom is 0.295 e. The predicted molar refractivity (Wildman–Crippen MR) is 108 cm³/mol. The van der Waals surface area contributed by atoms with E-state index in [-0.39, 0.29) is 6.10 Å². The molecule has 2 aromatic carbocycles. The van der Waals surface area contributed by atoms with Crippen molar-refractivity contribution in [1.29, 1.82) is 0 Å². The van der Waals surface area contributed by atoms with Crippen LogP contribution in [0.1, 0.15) is 12.8 Å². The highest BCUT2D eigenvalue weighted by Gasteiger charge is 2.26. The smallest absolute Gasteiger partial charge is 0.295 e. The van der Waals surface area contributed by atoms with Gasteiger partial charge in [-0.3, -0.25) is 4.90 Å². The van der Waals surface area contributed by atoms with E-state index < -0.39 is 0 Å². The van der Waals surface area contributed by atoms with Crippen LogP contribution in [0.15, 0.2) is 52.9 Å². The average Bonchev–Trinajstić information content (AvgIpc) is 3.16. The molecule has 1 saturated heterocycles. The lowest BCUT2D eigenvalue weighted by atomic mass is 9.96. The predicted octanol–water partition coefficient (Wildman–Crippen LogP) is 3.79. The second-order valence-corrected chi connectivity index (χ2v) is 7.61. The highest BCUT2D eigenvalue weighted by atomic mass is 16.6. The third-order valence-electron chi connectivity index (χ3n) is 5.57. The fourth-order valence-electron chi connectivity index (χ4n) is 3.99. The first-order valence-electron chi connectivity index (χ1n) is 10.0. The van der Waals surface area contributed by atoms with E-state index in [9.17, 15) is 0 Å². The fourth-order valence-corrected chi connectivity index (χ4v) is 3.99. The first-order valence-corrected chi connectivity index (χ1v) is 10.0. The maximum atomic E-state index is 6.10. The molecule has 2 aliphatic rings. The van der Waals surface area contributed by atoms with E-state index in [1.54, 1.807) is 0 Å². The lowest BCUT2D eigenvalue weighted by molar-refractivity contribution is 0.0485. The van der Waals surface area contributed by atoms with Crippen LogP contribution in [0.25, 0.3) is 11.1 Å². The number of nitrogens with one attached hydrogen (secondary N) is 1. The van der Waals surface area contributed by atoms with Crippen molar-refractivity contribution < 1.29 is 13.9 Å². The van der Waals surface area contributed by atoms with Crippen LogP contribution >= 0.6 is 0 Å². The van der Waals surface area contributed by atoms with Gasteiger partial charge < -0.3 is 19.2 Å². The van der Waals surface area contributed by atoms with Crippen molar-refractivity contribution in [3.63, 3.8) is 0 Å². The van der Waals surface area contributed by atoms with Gasteiger partial charge in [-0.2, -0.15) is 4.98 Å². The van der Waals surface area contributed by atoms with Gasteiger partial charge in [0.1, 0.15) is 18.2 Å². The second-order valence-electron chi connectivity index (χ2n) is 7.61. The van der Waals surface area contributed by atoms with Crippen molar-refractivity contribution in [3.05, 3.63) is 48.5 Å². The number of oxazole rings is 1. The Hall–Kier alpha value is -2.73. The number of aromatic nitrogens is 1. The Kier molecular flexibility index (Phi) is 4.79. The number of likely N-dealkylation sites (tertiary alicyclic amines) is 1. The molecule has 0 bridgehead atoms. The number of ether oxygens (including phenoxy) is 2. The Labute approximate surface area is 164 Å². The zero-order valence-corrected chi connectivity index (χ0v) is 15.8. The largest absolute Gasteiger partial charge is 0.486 e. The number of nitrogens with zero attached hydrogens (tertiary/aromatic N) is 2. The molecule has 28 heavy (non-hydrogen) atoms. The van der Waals surface area contributed by atoms with Gasteiger partial charge in [0.05, 0.1) is 0 Å². The summed E-state index contributed by atoms with van der Waals surface area (Å²) in [4.78, 5) is 6.97. The molecule has 0 amide bonds. The third kappa shape index (κ3) is 3.78. The summed E-state index contributed by atoms with van der Waals surface area (Å²) in [6.07, 6.45) is 2.43. The van der Waals surface area contributed by atoms with Crippen molar-refractivity contribution >= 4 is 17.1 Å². The summed E-state index contributed by atoms with van der Waals surface area (Å²) in [5.74, 6) is 2.34. The Morgan fingerprint density at radius 1 is 1.00 bits per heavy atom. The highest BCUT2D eigenvalue weighted by Crippen LogP contribution is 2.31. The highest BCUT2D eigenvalue weighted by molar-refractivity contribution is 5.74. The van der Waals surface area contributed by atoms with Gasteiger partial charge in [0.25, 0.3) is 6.01 Å². The minimum Gasteiger partial charge on any atom is -0.486 e. The Bertz CT molecular complexity index is 900. The van der Waals surface area contributed by atoms with Crippen LogP contribution < -0.4 is 14.8 Å². The SMILES string of the molecule is c1ccc2c(c1)OCC(CN1CCC(CNc3nc4ccccc4o3)CC1)O2. The number of para-hydroxylation sites is 4. The van der Waals surface area contributed by atoms with Gasteiger partial charge in [-0.1, -0.05) is 24.3 Å². The molecule has 1 N–H and O–H groups in total. The minimum absolute atomic E-state index is 0.101. The number of hydrogen-bond donors (Lipinski definition) is 1. The molecule has 3 heterocycles. The van der Waals surface area contributed by atoms with Crippen LogP contribution in [0.2, 0.25) is 0 Å². The van der Waals surface area contributed by atoms with E-state index in [1.165, 1.54) is 0 Å². The molecule has 0 aliphatic carbocycles.